The average Bonchev–Trinajstić information content (AvgIpc) is 2.91. The largest absolute Gasteiger partial charge is 0.356 e. The molecule has 0 radical (unpaired) electrons. The standard InChI is InChI=1S/C19H24N4/c1-2-6-11-22(10-5-1)18-13-19(21-15-20-18)23-12-9-16-7-3-4-8-17(16)14-23/h3-4,7-8,13,15H,1-2,5-6,9-12,14H2. The topological polar surface area (TPSA) is 32.3 Å². The van der Waals surface area contributed by atoms with Crippen LogP contribution >= 0.6 is 0 Å². The van der Waals surface area contributed by atoms with Crippen LogP contribution in [0.15, 0.2) is 36.7 Å². The number of rotatable bonds is 2. The lowest BCUT2D eigenvalue weighted by atomic mass is 10.00. The smallest absolute Gasteiger partial charge is 0.134 e. The van der Waals surface area contributed by atoms with E-state index in [-0.39, 0.29) is 0 Å². The molecule has 1 aromatic heterocycles. The van der Waals surface area contributed by atoms with Gasteiger partial charge in [0.1, 0.15) is 18.0 Å². The molecular formula is C19H24N4. The molecule has 0 saturated carbocycles. The third-order valence-electron chi connectivity index (χ3n) is 5.02. The van der Waals surface area contributed by atoms with Gasteiger partial charge in [0.15, 0.2) is 0 Å². The summed E-state index contributed by atoms with van der Waals surface area (Å²) in [5.41, 5.74) is 2.90. The van der Waals surface area contributed by atoms with Crippen molar-refractivity contribution in [1.82, 2.24) is 9.97 Å². The van der Waals surface area contributed by atoms with Gasteiger partial charge in [0.05, 0.1) is 0 Å². The van der Waals surface area contributed by atoms with Crippen molar-refractivity contribution in [2.24, 2.45) is 0 Å². The van der Waals surface area contributed by atoms with Crippen LogP contribution in [-0.4, -0.2) is 29.6 Å². The third kappa shape index (κ3) is 3.16. The SMILES string of the molecule is c1ccc2c(c1)CCN(c1cc(N3CCCCCC3)ncn1)C2. The fourth-order valence-corrected chi connectivity index (χ4v) is 3.67. The molecule has 0 atom stereocenters. The maximum absolute atomic E-state index is 4.54. The Morgan fingerprint density at radius 1 is 0.739 bits per heavy atom. The zero-order chi connectivity index (χ0) is 15.5. The second kappa shape index (κ2) is 6.57. The fraction of sp³-hybridized carbons (Fsp3) is 0.474. The number of nitrogens with zero attached hydrogens (tertiary/aromatic N) is 4. The van der Waals surface area contributed by atoms with Gasteiger partial charge in [-0.1, -0.05) is 37.1 Å². The molecule has 2 aromatic rings. The number of anilines is 2. The minimum Gasteiger partial charge on any atom is -0.356 e. The molecule has 4 rings (SSSR count). The highest BCUT2D eigenvalue weighted by Crippen LogP contribution is 2.25. The van der Waals surface area contributed by atoms with Crippen molar-refractivity contribution in [1.29, 1.82) is 0 Å². The number of benzene rings is 1. The van der Waals surface area contributed by atoms with Crippen LogP contribution in [0.1, 0.15) is 36.8 Å². The molecule has 23 heavy (non-hydrogen) atoms. The predicted molar refractivity (Wildman–Crippen MR) is 93.9 cm³/mol. The van der Waals surface area contributed by atoms with E-state index in [1.54, 1.807) is 6.33 Å². The Kier molecular flexibility index (Phi) is 4.14. The second-order valence-electron chi connectivity index (χ2n) is 6.58. The van der Waals surface area contributed by atoms with E-state index in [1.165, 1.54) is 36.8 Å². The van der Waals surface area contributed by atoms with Crippen molar-refractivity contribution in [3.8, 4) is 0 Å². The molecular weight excluding hydrogens is 284 g/mol. The zero-order valence-corrected chi connectivity index (χ0v) is 13.6. The van der Waals surface area contributed by atoms with Gasteiger partial charge >= 0.3 is 0 Å². The summed E-state index contributed by atoms with van der Waals surface area (Å²) in [6, 6.07) is 10.9. The molecule has 0 bridgehead atoms. The highest BCUT2D eigenvalue weighted by atomic mass is 15.2. The Balaban J connectivity index is 1.55. The van der Waals surface area contributed by atoms with Crippen LogP contribution in [0.5, 0.6) is 0 Å². The van der Waals surface area contributed by atoms with Crippen molar-refractivity contribution in [2.45, 2.75) is 38.6 Å². The van der Waals surface area contributed by atoms with Crippen molar-refractivity contribution in [3.05, 3.63) is 47.8 Å². The molecule has 1 aromatic carbocycles. The van der Waals surface area contributed by atoms with Crippen LogP contribution in [0.4, 0.5) is 11.6 Å². The first-order chi connectivity index (χ1) is 11.4. The molecule has 0 N–H and O–H groups in total. The Morgan fingerprint density at radius 2 is 1.43 bits per heavy atom. The van der Waals surface area contributed by atoms with Crippen molar-refractivity contribution >= 4 is 11.6 Å². The normalized spacial score (nSPS) is 18.4. The lowest BCUT2D eigenvalue weighted by molar-refractivity contribution is 0.716. The van der Waals surface area contributed by atoms with Crippen LogP contribution < -0.4 is 9.80 Å². The molecule has 120 valence electrons. The lowest BCUT2D eigenvalue weighted by Gasteiger charge is -2.30. The second-order valence-corrected chi connectivity index (χ2v) is 6.58. The minimum absolute atomic E-state index is 0.951. The van der Waals surface area contributed by atoms with Gasteiger partial charge in [-0.2, -0.15) is 0 Å². The Morgan fingerprint density at radius 3 is 2.22 bits per heavy atom. The molecule has 3 heterocycles. The molecule has 4 heteroatoms. The first-order valence-electron chi connectivity index (χ1n) is 8.79. The number of aromatic nitrogens is 2. The van der Waals surface area contributed by atoms with Gasteiger partial charge in [0.25, 0.3) is 0 Å². The number of hydrogen-bond acceptors (Lipinski definition) is 4. The van der Waals surface area contributed by atoms with E-state index in [2.05, 4.69) is 50.1 Å². The lowest BCUT2D eigenvalue weighted by Crippen LogP contribution is -2.31. The quantitative estimate of drug-likeness (QED) is 0.851. The maximum atomic E-state index is 4.54. The molecule has 4 nitrogen and oxygen atoms in total. The minimum atomic E-state index is 0.951. The third-order valence-corrected chi connectivity index (χ3v) is 5.02. The molecule has 1 fully saturated rings. The van der Waals surface area contributed by atoms with E-state index >= 15 is 0 Å². The molecule has 2 aliphatic rings. The first kappa shape index (κ1) is 14.5. The van der Waals surface area contributed by atoms with Crippen LogP contribution in [-0.2, 0) is 13.0 Å². The van der Waals surface area contributed by atoms with E-state index in [1.807, 2.05) is 0 Å². The maximum Gasteiger partial charge on any atom is 0.134 e. The fourth-order valence-electron chi connectivity index (χ4n) is 3.67. The van der Waals surface area contributed by atoms with Gasteiger partial charge < -0.3 is 9.80 Å². The number of fused-ring (bicyclic) bond motifs is 1. The summed E-state index contributed by atoms with van der Waals surface area (Å²) in [6.45, 7) is 4.23. The Hall–Kier alpha value is -2.10. The van der Waals surface area contributed by atoms with Crippen molar-refractivity contribution in [3.63, 3.8) is 0 Å². The summed E-state index contributed by atoms with van der Waals surface area (Å²) in [6.07, 6.45) is 8.07. The van der Waals surface area contributed by atoms with Crippen molar-refractivity contribution in [2.75, 3.05) is 29.4 Å². The summed E-state index contributed by atoms with van der Waals surface area (Å²) in [7, 11) is 0. The van der Waals surface area contributed by atoms with Gasteiger partial charge in [-0.05, 0) is 30.4 Å². The molecule has 0 unspecified atom stereocenters. The van der Waals surface area contributed by atoms with Gasteiger partial charge in [-0.3, -0.25) is 0 Å². The van der Waals surface area contributed by atoms with Crippen LogP contribution in [0.25, 0.3) is 0 Å². The van der Waals surface area contributed by atoms with Crippen LogP contribution in [0.2, 0.25) is 0 Å². The average molecular weight is 308 g/mol. The molecule has 0 amide bonds. The zero-order valence-electron chi connectivity index (χ0n) is 13.6. The first-order valence-corrected chi connectivity index (χ1v) is 8.79. The number of hydrogen-bond donors (Lipinski definition) is 0. The predicted octanol–water partition coefficient (Wildman–Crippen LogP) is 3.42. The van der Waals surface area contributed by atoms with E-state index in [4.69, 9.17) is 0 Å². The van der Waals surface area contributed by atoms with E-state index in [9.17, 15) is 0 Å². The molecule has 0 aliphatic carbocycles. The molecule has 0 spiro atoms. The molecule has 1 saturated heterocycles. The highest BCUT2D eigenvalue weighted by Gasteiger charge is 2.19. The van der Waals surface area contributed by atoms with Gasteiger partial charge in [0, 0.05) is 32.2 Å². The Bertz CT molecular complexity index is 662. The van der Waals surface area contributed by atoms with Gasteiger partial charge in [-0.15, -0.1) is 0 Å². The highest BCUT2D eigenvalue weighted by molar-refractivity contribution is 5.52. The van der Waals surface area contributed by atoms with Crippen LogP contribution in [0.3, 0.4) is 0 Å². The van der Waals surface area contributed by atoms with E-state index in [0.29, 0.717) is 0 Å². The summed E-state index contributed by atoms with van der Waals surface area (Å²) in [5, 5.41) is 0. The van der Waals surface area contributed by atoms with E-state index < -0.39 is 0 Å². The monoisotopic (exact) mass is 308 g/mol. The summed E-state index contributed by atoms with van der Waals surface area (Å²) in [5.74, 6) is 2.16. The van der Waals surface area contributed by atoms with Gasteiger partial charge in [0.2, 0.25) is 0 Å². The summed E-state index contributed by atoms with van der Waals surface area (Å²) < 4.78 is 0. The van der Waals surface area contributed by atoms with E-state index in [0.717, 1.165) is 44.2 Å². The van der Waals surface area contributed by atoms with Crippen molar-refractivity contribution < 1.29 is 0 Å². The summed E-state index contributed by atoms with van der Waals surface area (Å²) >= 11 is 0. The van der Waals surface area contributed by atoms with Gasteiger partial charge in [-0.25, -0.2) is 9.97 Å². The molecule has 2 aliphatic heterocycles. The Labute approximate surface area is 138 Å². The summed E-state index contributed by atoms with van der Waals surface area (Å²) in [4.78, 5) is 13.9. The van der Waals surface area contributed by atoms with Crippen LogP contribution in [0, 0.1) is 0 Å².